The quantitative estimate of drug-likeness (QED) is 0.561. The lowest BCUT2D eigenvalue weighted by molar-refractivity contribution is -0.131. The number of rotatable bonds is 9. The van der Waals surface area contributed by atoms with E-state index in [9.17, 15) is 9.90 Å². The van der Waals surface area contributed by atoms with Crippen molar-refractivity contribution >= 4 is 5.78 Å². The Morgan fingerprint density at radius 1 is 0.759 bits per heavy atom. The van der Waals surface area contributed by atoms with Crippen LogP contribution in [0, 0.1) is 5.92 Å². The lowest BCUT2D eigenvalue weighted by atomic mass is 9.90. The van der Waals surface area contributed by atoms with E-state index in [1.54, 1.807) is 0 Å². The number of nitrogens with zero attached hydrogens (tertiary/aromatic N) is 1. The molecule has 3 aromatic rings. The second-order valence-electron chi connectivity index (χ2n) is 7.60. The molecule has 3 nitrogen and oxygen atoms in total. The molecule has 3 atom stereocenters. The van der Waals surface area contributed by atoms with Crippen LogP contribution in [-0.4, -0.2) is 21.8 Å². The van der Waals surface area contributed by atoms with Crippen LogP contribution in [0.15, 0.2) is 91.0 Å². The summed E-state index contributed by atoms with van der Waals surface area (Å²) in [5, 5.41) is 10.7. The first kappa shape index (κ1) is 21.0. The van der Waals surface area contributed by atoms with Gasteiger partial charge in [0.2, 0.25) is 0 Å². The van der Waals surface area contributed by atoms with Crippen LogP contribution in [0.5, 0.6) is 0 Å². The minimum Gasteiger partial charge on any atom is -0.388 e. The molecule has 0 heterocycles. The molecule has 0 saturated carbocycles. The van der Waals surface area contributed by atoms with Crippen LogP contribution in [0.4, 0.5) is 0 Å². The first-order valence-electron chi connectivity index (χ1n) is 10.1. The third-order valence-electron chi connectivity index (χ3n) is 5.48. The molecule has 0 amide bonds. The Morgan fingerprint density at radius 2 is 1.17 bits per heavy atom. The van der Waals surface area contributed by atoms with Gasteiger partial charge in [0.1, 0.15) is 0 Å². The van der Waals surface area contributed by atoms with Gasteiger partial charge in [-0.1, -0.05) is 97.9 Å². The Labute approximate surface area is 173 Å². The van der Waals surface area contributed by atoms with Crippen molar-refractivity contribution in [1.82, 2.24) is 4.90 Å². The maximum absolute atomic E-state index is 13.3. The lowest BCUT2D eigenvalue weighted by Gasteiger charge is -2.31. The van der Waals surface area contributed by atoms with Crippen molar-refractivity contribution < 1.29 is 9.90 Å². The van der Waals surface area contributed by atoms with Crippen LogP contribution in [0.3, 0.4) is 0 Å². The molecule has 1 N–H and O–H groups in total. The van der Waals surface area contributed by atoms with Gasteiger partial charge in [-0.15, -0.1) is 0 Å². The third-order valence-corrected chi connectivity index (χ3v) is 5.48. The van der Waals surface area contributed by atoms with Gasteiger partial charge in [-0.2, -0.15) is 0 Å². The van der Waals surface area contributed by atoms with E-state index in [2.05, 4.69) is 29.2 Å². The Bertz CT molecular complexity index is 839. The van der Waals surface area contributed by atoms with Crippen molar-refractivity contribution in [3.8, 4) is 0 Å². The Hall–Kier alpha value is -2.75. The molecule has 0 aliphatic rings. The van der Waals surface area contributed by atoms with E-state index in [0.29, 0.717) is 13.1 Å². The van der Waals surface area contributed by atoms with Crippen molar-refractivity contribution in [3.63, 3.8) is 0 Å². The fraction of sp³-hybridized carbons (Fsp3) is 0.269. The van der Waals surface area contributed by atoms with Gasteiger partial charge in [-0.05, 0) is 23.6 Å². The molecule has 3 aromatic carbocycles. The number of hydrogen-bond acceptors (Lipinski definition) is 3. The number of aliphatic hydroxyl groups is 1. The van der Waals surface area contributed by atoms with E-state index >= 15 is 0 Å². The minimum absolute atomic E-state index is 0.0493. The van der Waals surface area contributed by atoms with Gasteiger partial charge in [0.25, 0.3) is 0 Å². The molecule has 150 valence electrons. The lowest BCUT2D eigenvalue weighted by Crippen LogP contribution is -2.41. The second-order valence-corrected chi connectivity index (χ2v) is 7.60. The Balaban J connectivity index is 1.78. The third kappa shape index (κ3) is 5.63. The summed E-state index contributed by atoms with van der Waals surface area (Å²) < 4.78 is 0. The number of carbonyl (C=O) groups is 1. The highest BCUT2D eigenvalue weighted by atomic mass is 16.3. The van der Waals surface area contributed by atoms with Gasteiger partial charge in [0.15, 0.2) is 5.78 Å². The monoisotopic (exact) mass is 387 g/mol. The molecule has 3 heteroatoms. The Morgan fingerprint density at radius 3 is 1.62 bits per heavy atom. The summed E-state index contributed by atoms with van der Waals surface area (Å²) in [5.41, 5.74) is 3.11. The minimum atomic E-state index is -0.804. The molecule has 3 rings (SSSR count). The maximum atomic E-state index is 13.3. The van der Waals surface area contributed by atoms with E-state index < -0.39 is 12.0 Å². The van der Waals surface area contributed by atoms with E-state index in [1.165, 1.54) is 11.1 Å². The SMILES string of the molecule is C[C@@H](C(=O)[C@H](C)N(Cc1ccccc1)Cc1ccccc1)[C@H](O)c1ccccc1. The topological polar surface area (TPSA) is 40.5 Å². The van der Waals surface area contributed by atoms with Crippen LogP contribution in [0.25, 0.3) is 0 Å². The fourth-order valence-corrected chi connectivity index (χ4v) is 3.62. The van der Waals surface area contributed by atoms with Crippen molar-refractivity contribution in [2.45, 2.75) is 39.1 Å². The molecule has 0 fully saturated rings. The number of hydrogen-bond donors (Lipinski definition) is 1. The van der Waals surface area contributed by atoms with Gasteiger partial charge in [0.05, 0.1) is 12.1 Å². The van der Waals surface area contributed by atoms with Gasteiger partial charge in [-0.25, -0.2) is 0 Å². The summed E-state index contributed by atoms with van der Waals surface area (Å²) in [6, 6.07) is 29.5. The zero-order chi connectivity index (χ0) is 20.6. The van der Waals surface area contributed by atoms with Gasteiger partial charge in [0, 0.05) is 19.0 Å². The van der Waals surface area contributed by atoms with E-state index in [-0.39, 0.29) is 11.8 Å². The normalized spacial score (nSPS) is 14.3. The standard InChI is InChI=1S/C26H29NO2/c1-20(26(29)24-16-10-5-11-17-24)25(28)21(2)27(18-22-12-6-3-7-13-22)19-23-14-8-4-9-15-23/h3-17,20-21,26,29H,18-19H2,1-2H3/t20-,21-,26-/m0/s1. The van der Waals surface area contributed by atoms with E-state index in [1.807, 2.05) is 80.6 Å². The first-order valence-corrected chi connectivity index (χ1v) is 10.1. The summed E-state index contributed by atoms with van der Waals surface area (Å²) >= 11 is 0. The highest BCUT2D eigenvalue weighted by molar-refractivity contribution is 5.86. The number of carbonyl (C=O) groups excluding carboxylic acids is 1. The smallest absolute Gasteiger partial charge is 0.155 e. The van der Waals surface area contributed by atoms with Crippen LogP contribution in [0.2, 0.25) is 0 Å². The largest absolute Gasteiger partial charge is 0.388 e. The van der Waals surface area contributed by atoms with Crippen LogP contribution < -0.4 is 0 Å². The number of ketones is 1. The number of aliphatic hydroxyl groups excluding tert-OH is 1. The van der Waals surface area contributed by atoms with Crippen molar-refractivity contribution in [2.75, 3.05) is 0 Å². The van der Waals surface area contributed by atoms with Gasteiger partial charge >= 0.3 is 0 Å². The van der Waals surface area contributed by atoms with Crippen molar-refractivity contribution in [1.29, 1.82) is 0 Å². The average molecular weight is 388 g/mol. The molecule has 0 unspecified atom stereocenters. The Kier molecular flexibility index (Phi) is 7.34. The van der Waals surface area contributed by atoms with Crippen molar-refractivity contribution in [3.05, 3.63) is 108 Å². The molecule has 29 heavy (non-hydrogen) atoms. The number of benzene rings is 3. The molecule has 0 aliphatic heterocycles. The highest BCUT2D eigenvalue weighted by Gasteiger charge is 2.30. The molecule has 0 saturated heterocycles. The molecule has 0 bridgehead atoms. The second kappa shape index (κ2) is 10.1. The van der Waals surface area contributed by atoms with Gasteiger partial charge in [-0.3, -0.25) is 9.69 Å². The maximum Gasteiger partial charge on any atom is 0.155 e. The molecule has 0 spiro atoms. The summed E-state index contributed by atoms with van der Waals surface area (Å²) in [6.45, 7) is 5.12. The van der Waals surface area contributed by atoms with Crippen molar-refractivity contribution in [2.24, 2.45) is 5.92 Å². The highest BCUT2D eigenvalue weighted by Crippen LogP contribution is 2.25. The zero-order valence-corrected chi connectivity index (χ0v) is 17.1. The summed E-state index contributed by atoms with van der Waals surface area (Å²) in [6.07, 6.45) is -0.804. The molecular formula is C26H29NO2. The van der Waals surface area contributed by atoms with Gasteiger partial charge < -0.3 is 5.11 Å². The average Bonchev–Trinajstić information content (AvgIpc) is 2.78. The van der Waals surface area contributed by atoms with Crippen LogP contribution >= 0.6 is 0 Å². The van der Waals surface area contributed by atoms with Crippen LogP contribution in [0.1, 0.15) is 36.6 Å². The summed E-state index contributed by atoms with van der Waals surface area (Å²) in [5.74, 6) is -0.435. The fourth-order valence-electron chi connectivity index (χ4n) is 3.62. The summed E-state index contributed by atoms with van der Waals surface area (Å²) in [7, 11) is 0. The molecule has 0 radical (unpaired) electrons. The molecular weight excluding hydrogens is 358 g/mol. The predicted molar refractivity (Wildman–Crippen MR) is 117 cm³/mol. The predicted octanol–water partition coefficient (Wildman–Crippen LogP) is 5.02. The van der Waals surface area contributed by atoms with Crippen LogP contribution in [-0.2, 0) is 17.9 Å². The van der Waals surface area contributed by atoms with E-state index in [0.717, 1.165) is 5.56 Å². The zero-order valence-electron chi connectivity index (χ0n) is 17.1. The molecule has 0 aromatic heterocycles. The first-order chi connectivity index (χ1) is 14.1. The van der Waals surface area contributed by atoms with E-state index in [4.69, 9.17) is 0 Å². The number of Topliss-reactive ketones (excluding diaryl/α,β-unsaturated/α-hetero) is 1. The summed E-state index contributed by atoms with van der Waals surface area (Å²) in [4.78, 5) is 15.5. The molecule has 0 aliphatic carbocycles.